The van der Waals surface area contributed by atoms with E-state index in [0.29, 0.717) is 15.7 Å². The maximum Gasteiger partial charge on any atom is 0.233 e. The van der Waals surface area contributed by atoms with Gasteiger partial charge < -0.3 is 5.32 Å². The van der Waals surface area contributed by atoms with Crippen LogP contribution in [0.2, 0.25) is 5.02 Å². The topological polar surface area (TPSA) is 42.0 Å². The Morgan fingerprint density at radius 1 is 1.50 bits per heavy atom. The third kappa shape index (κ3) is 2.60. The van der Waals surface area contributed by atoms with Gasteiger partial charge in [0, 0.05) is 5.88 Å². The molecule has 0 bridgehead atoms. The van der Waals surface area contributed by atoms with E-state index in [9.17, 15) is 4.79 Å². The van der Waals surface area contributed by atoms with Crippen LogP contribution < -0.4 is 5.32 Å². The summed E-state index contributed by atoms with van der Waals surface area (Å²) < 4.78 is 0.946. The molecule has 0 fully saturated rings. The summed E-state index contributed by atoms with van der Waals surface area (Å²) in [6.07, 6.45) is 0. The fourth-order valence-corrected chi connectivity index (χ4v) is 2.58. The minimum atomic E-state index is -0.622. The Morgan fingerprint density at radius 2 is 2.22 bits per heavy atom. The highest BCUT2D eigenvalue weighted by atomic mass is 35.5. The van der Waals surface area contributed by atoms with Gasteiger partial charge in [-0.1, -0.05) is 29.0 Å². The summed E-state index contributed by atoms with van der Waals surface area (Å²) in [4.78, 5) is 16.3. The molecule has 2 aromatic rings. The van der Waals surface area contributed by atoms with Gasteiger partial charge in [-0.15, -0.1) is 11.6 Å². The highest BCUT2D eigenvalue weighted by Gasteiger charge is 2.27. The monoisotopic (exact) mass is 302 g/mol. The molecule has 0 aliphatic carbocycles. The van der Waals surface area contributed by atoms with Gasteiger partial charge in [-0.05, 0) is 26.0 Å². The fourth-order valence-electron chi connectivity index (χ4n) is 1.30. The van der Waals surface area contributed by atoms with Crippen molar-refractivity contribution < 1.29 is 4.79 Å². The van der Waals surface area contributed by atoms with E-state index in [2.05, 4.69) is 10.3 Å². The number of benzene rings is 1. The molecule has 3 nitrogen and oxygen atoms in total. The molecule has 1 N–H and O–H groups in total. The number of halogens is 2. The number of carbonyl (C=O) groups excluding carboxylic acids is 1. The van der Waals surface area contributed by atoms with Gasteiger partial charge in [-0.3, -0.25) is 4.79 Å². The summed E-state index contributed by atoms with van der Waals surface area (Å²) in [5.74, 6) is 0.109. The molecule has 96 valence electrons. The van der Waals surface area contributed by atoms with Crippen molar-refractivity contribution in [2.75, 3.05) is 11.2 Å². The Hall–Kier alpha value is -0.840. The quantitative estimate of drug-likeness (QED) is 0.865. The number of para-hydroxylation sites is 1. The molecule has 18 heavy (non-hydrogen) atoms. The zero-order valence-corrected chi connectivity index (χ0v) is 12.3. The SMILES string of the molecule is CC(C)(CCl)C(=O)Nc1nc2c(Cl)cccc2s1. The van der Waals surface area contributed by atoms with Crippen molar-refractivity contribution >= 4 is 55.8 Å². The van der Waals surface area contributed by atoms with Crippen LogP contribution in [0, 0.1) is 5.41 Å². The standard InChI is InChI=1S/C12H12Cl2N2OS/c1-12(2,6-13)10(17)16-11-15-9-7(14)4-3-5-8(9)18-11/h3-5H,6H2,1-2H3,(H,15,16,17). The molecule has 0 unspecified atom stereocenters. The molecule has 6 heteroatoms. The molecule has 0 aliphatic rings. The number of hydrogen-bond donors (Lipinski definition) is 1. The van der Waals surface area contributed by atoms with Gasteiger partial charge in [0.05, 0.1) is 15.1 Å². The third-order valence-electron chi connectivity index (χ3n) is 2.54. The van der Waals surface area contributed by atoms with Crippen molar-refractivity contribution in [2.45, 2.75) is 13.8 Å². The highest BCUT2D eigenvalue weighted by Crippen LogP contribution is 2.31. The molecule has 0 aliphatic heterocycles. The number of nitrogens with one attached hydrogen (secondary N) is 1. The van der Waals surface area contributed by atoms with Crippen molar-refractivity contribution in [1.82, 2.24) is 4.98 Å². The van der Waals surface area contributed by atoms with E-state index in [1.807, 2.05) is 12.1 Å². The Bertz CT molecular complexity index is 595. The zero-order valence-electron chi connectivity index (χ0n) is 9.96. The number of nitrogens with zero attached hydrogens (tertiary/aromatic N) is 1. The fraction of sp³-hybridized carbons (Fsp3) is 0.333. The lowest BCUT2D eigenvalue weighted by Gasteiger charge is -2.18. The first kappa shape index (κ1) is 13.6. The van der Waals surface area contributed by atoms with Crippen molar-refractivity contribution in [3.63, 3.8) is 0 Å². The lowest BCUT2D eigenvalue weighted by Crippen LogP contribution is -2.32. The average Bonchev–Trinajstić information content (AvgIpc) is 2.73. The van der Waals surface area contributed by atoms with Crippen LogP contribution in [0.15, 0.2) is 18.2 Å². The van der Waals surface area contributed by atoms with Gasteiger partial charge in [0.25, 0.3) is 0 Å². The predicted octanol–water partition coefficient (Wildman–Crippen LogP) is 4.15. The van der Waals surface area contributed by atoms with Crippen LogP contribution in [-0.2, 0) is 4.79 Å². The number of thiazole rings is 1. The van der Waals surface area contributed by atoms with Gasteiger partial charge in [0.1, 0.15) is 5.52 Å². The van der Waals surface area contributed by atoms with E-state index in [1.54, 1.807) is 19.9 Å². The first-order valence-electron chi connectivity index (χ1n) is 5.36. The number of rotatable bonds is 3. The van der Waals surface area contributed by atoms with Gasteiger partial charge in [0.2, 0.25) is 5.91 Å². The molecular formula is C12H12Cl2N2OS. The number of amides is 1. The summed E-state index contributed by atoms with van der Waals surface area (Å²) >= 11 is 13.2. The third-order valence-corrected chi connectivity index (χ3v) is 4.45. The van der Waals surface area contributed by atoms with Crippen molar-refractivity contribution in [3.8, 4) is 0 Å². The van der Waals surface area contributed by atoms with Crippen LogP contribution in [0.1, 0.15) is 13.8 Å². The second kappa shape index (κ2) is 5.03. The molecule has 2 rings (SSSR count). The first-order chi connectivity index (χ1) is 8.44. The van der Waals surface area contributed by atoms with E-state index in [1.165, 1.54) is 11.3 Å². The predicted molar refractivity (Wildman–Crippen MR) is 77.8 cm³/mol. The van der Waals surface area contributed by atoms with Crippen LogP contribution in [0.4, 0.5) is 5.13 Å². The number of aromatic nitrogens is 1. The Morgan fingerprint density at radius 3 is 2.83 bits per heavy atom. The maximum atomic E-state index is 12.0. The Labute approximate surface area is 119 Å². The molecule has 0 saturated heterocycles. The van der Waals surface area contributed by atoms with Crippen LogP contribution in [0.25, 0.3) is 10.2 Å². The second-order valence-corrected chi connectivity index (χ2v) is 6.28. The minimum absolute atomic E-state index is 0.146. The van der Waals surface area contributed by atoms with Crippen LogP contribution >= 0.6 is 34.5 Å². The number of hydrogen-bond acceptors (Lipinski definition) is 3. The molecule has 1 aromatic heterocycles. The molecule has 0 spiro atoms. The van der Waals surface area contributed by atoms with E-state index < -0.39 is 5.41 Å². The van der Waals surface area contributed by atoms with E-state index in [-0.39, 0.29) is 11.8 Å². The Kier molecular flexibility index (Phi) is 3.80. The summed E-state index contributed by atoms with van der Waals surface area (Å²) in [5, 5.41) is 3.90. The molecule has 0 saturated carbocycles. The zero-order chi connectivity index (χ0) is 13.3. The second-order valence-electron chi connectivity index (χ2n) is 4.58. The number of carbonyl (C=O) groups is 1. The summed E-state index contributed by atoms with van der Waals surface area (Å²) in [7, 11) is 0. The van der Waals surface area contributed by atoms with E-state index >= 15 is 0 Å². The smallest absolute Gasteiger partial charge is 0.233 e. The first-order valence-corrected chi connectivity index (χ1v) is 7.09. The maximum absolute atomic E-state index is 12.0. The summed E-state index contributed by atoms with van der Waals surface area (Å²) in [6.45, 7) is 3.57. The van der Waals surface area contributed by atoms with Gasteiger partial charge >= 0.3 is 0 Å². The number of fused-ring (bicyclic) bond motifs is 1. The lowest BCUT2D eigenvalue weighted by molar-refractivity contribution is -0.122. The van der Waals surface area contributed by atoms with Crippen LogP contribution in [0.3, 0.4) is 0 Å². The molecule has 0 radical (unpaired) electrons. The van der Waals surface area contributed by atoms with Crippen molar-refractivity contribution in [2.24, 2.45) is 5.41 Å². The van der Waals surface area contributed by atoms with Crippen LogP contribution in [-0.4, -0.2) is 16.8 Å². The molecule has 1 amide bonds. The Balaban J connectivity index is 2.28. The average molecular weight is 303 g/mol. The molecule has 1 heterocycles. The summed E-state index contributed by atoms with van der Waals surface area (Å²) in [6, 6.07) is 5.55. The number of anilines is 1. The van der Waals surface area contributed by atoms with E-state index in [0.717, 1.165) is 4.70 Å². The lowest BCUT2D eigenvalue weighted by atomic mass is 9.95. The largest absolute Gasteiger partial charge is 0.301 e. The van der Waals surface area contributed by atoms with E-state index in [4.69, 9.17) is 23.2 Å². The van der Waals surface area contributed by atoms with Gasteiger partial charge in [0.15, 0.2) is 5.13 Å². The number of alkyl halides is 1. The van der Waals surface area contributed by atoms with Crippen LogP contribution in [0.5, 0.6) is 0 Å². The summed E-state index contributed by atoms with van der Waals surface area (Å²) in [5.41, 5.74) is 0.0894. The molecular weight excluding hydrogens is 291 g/mol. The normalized spacial score (nSPS) is 11.8. The minimum Gasteiger partial charge on any atom is -0.301 e. The molecule has 0 atom stereocenters. The molecule has 1 aromatic carbocycles. The van der Waals surface area contributed by atoms with Gasteiger partial charge in [-0.25, -0.2) is 4.98 Å². The van der Waals surface area contributed by atoms with Gasteiger partial charge in [-0.2, -0.15) is 0 Å². The highest BCUT2D eigenvalue weighted by molar-refractivity contribution is 7.22. The van der Waals surface area contributed by atoms with Crippen molar-refractivity contribution in [1.29, 1.82) is 0 Å². The van der Waals surface area contributed by atoms with Crippen molar-refractivity contribution in [3.05, 3.63) is 23.2 Å².